The van der Waals surface area contributed by atoms with Crippen LogP contribution in [0.3, 0.4) is 0 Å². The molecule has 9 atom stereocenters. The first-order valence-corrected chi connectivity index (χ1v) is 14.6. The molecule has 0 amide bonds. The molecule has 0 heterocycles. The van der Waals surface area contributed by atoms with Crippen LogP contribution in [-0.2, 0) is 28.7 Å². The highest BCUT2D eigenvalue weighted by atomic mass is 16.5. The zero-order valence-corrected chi connectivity index (χ0v) is 25.4. The van der Waals surface area contributed by atoms with Crippen molar-refractivity contribution in [3.8, 4) is 0 Å². The van der Waals surface area contributed by atoms with Crippen LogP contribution in [0, 0.1) is 39.4 Å². The highest BCUT2D eigenvalue weighted by molar-refractivity contribution is 6.08. The van der Waals surface area contributed by atoms with E-state index in [1.807, 2.05) is 20.8 Å². The number of ether oxygens (including phenoxy) is 1. The Bertz CT molecular complexity index is 1270. The van der Waals surface area contributed by atoms with Gasteiger partial charge in [0.1, 0.15) is 5.78 Å². The van der Waals surface area contributed by atoms with Gasteiger partial charge in [-0.3, -0.25) is 24.0 Å². The monoisotopic (exact) mass is 572 g/mol. The van der Waals surface area contributed by atoms with E-state index < -0.39 is 75.3 Å². The molecule has 9 nitrogen and oxygen atoms in total. The van der Waals surface area contributed by atoms with Crippen LogP contribution in [0.4, 0.5) is 0 Å². The van der Waals surface area contributed by atoms with Crippen molar-refractivity contribution in [2.24, 2.45) is 39.4 Å². The number of carbonyl (C=O) groups is 5. The maximum Gasteiger partial charge on any atom is 0.306 e. The molecule has 0 aromatic heterocycles. The van der Waals surface area contributed by atoms with Gasteiger partial charge in [-0.25, -0.2) is 0 Å². The standard InChI is InChI=1S/C32H44O9/c1-15(11-18(34)12-16(2)28(39)40)19-13-23(37)32(8)24-20(35)14-21-29(4,5)22(36)9-10-30(21,6)25(24)26(38)27(31(19,32)7)41-17(3)33/h11,16,19-22,27,35-36H,9-10,12-14H2,1-8H3,(H,39,40)/b15-11-/t16-,19-,20+,21+,22+,27-,30+,31+,32+/m1/s1. The second kappa shape index (κ2) is 9.97. The van der Waals surface area contributed by atoms with Gasteiger partial charge in [0.2, 0.25) is 5.78 Å². The minimum atomic E-state index is -1.37. The average Bonchev–Trinajstić information content (AvgIpc) is 3.07. The normalized spacial score (nSPS) is 40.8. The highest BCUT2D eigenvalue weighted by Gasteiger charge is 2.74. The Hall–Kier alpha value is -2.65. The Balaban J connectivity index is 1.93. The van der Waals surface area contributed by atoms with Crippen LogP contribution in [0.25, 0.3) is 0 Å². The molecule has 0 spiro atoms. The molecule has 226 valence electrons. The largest absolute Gasteiger partial charge is 0.481 e. The van der Waals surface area contributed by atoms with Gasteiger partial charge in [-0.05, 0) is 67.4 Å². The van der Waals surface area contributed by atoms with Gasteiger partial charge in [0.25, 0.3) is 0 Å². The molecule has 4 aliphatic rings. The molecule has 4 rings (SSSR count). The molecule has 41 heavy (non-hydrogen) atoms. The molecule has 0 aromatic rings. The third kappa shape index (κ3) is 4.29. The third-order valence-electron chi connectivity index (χ3n) is 11.6. The molecule has 9 heteroatoms. The molecule has 2 fully saturated rings. The Morgan fingerprint density at radius 3 is 2.24 bits per heavy atom. The highest BCUT2D eigenvalue weighted by Crippen LogP contribution is 2.71. The van der Waals surface area contributed by atoms with Gasteiger partial charge in [0.15, 0.2) is 11.9 Å². The van der Waals surface area contributed by atoms with Crippen molar-refractivity contribution in [3.05, 3.63) is 22.8 Å². The second-order valence-electron chi connectivity index (χ2n) is 14.1. The molecule has 2 saturated carbocycles. The number of aliphatic hydroxyl groups is 2. The van der Waals surface area contributed by atoms with Crippen LogP contribution in [-0.4, -0.2) is 62.9 Å². The number of Topliss-reactive ketones (excluding diaryl/α,β-unsaturated/α-hetero) is 2. The number of aliphatic hydroxyl groups excluding tert-OH is 2. The summed E-state index contributed by atoms with van der Waals surface area (Å²) in [6.07, 6.45) is -0.793. The van der Waals surface area contributed by atoms with Gasteiger partial charge in [0, 0.05) is 30.8 Å². The summed E-state index contributed by atoms with van der Waals surface area (Å²) in [5, 5.41) is 31.9. The number of allylic oxidation sites excluding steroid dienone is 2. The van der Waals surface area contributed by atoms with E-state index in [0.29, 0.717) is 29.6 Å². The molecule has 0 unspecified atom stereocenters. The smallest absolute Gasteiger partial charge is 0.306 e. The molecule has 0 aromatic carbocycles. The van der Waals surface area contributed by atoms with E-state index in [9.17, 15) is 39.3 Å². The van der Waals surface area contributed by atoms with E-state index in [2.05, 4.69) is 0 Å². The topological polar surface area (TPSA) is 155 Å². The van der Waals surface area contributed by atoms with Crippen molar-refractivity contribution in [2.45, 2.75) is 106 Å². The number of rotatable bonds is 6. The van der Waals surface area contributed by atoms with Crippen LogP contribution in [0.5, 0.6) is 0 Å². The molecular formula is C32H44O9. The number of carboxylic acids is 1. The van der Waals surface area contributed by atoms with Gasteiger partial charge >= 0.3 is 11.9 Å². The van der Waals surface area contributed by atoms with Gasteiger partial charge in [0.05, 0.1) is 23.5 Å². The number of esters is 1. The number of fused-ring (bicyclic) bond motifs is 4. The van der Waals surface area contributed by atoms with E-state index in [-0.39, 0.29) is 31.0 Å². The lowest BCUT2D eigenvalue weighted by Crippen LogP contribution is -2.65. The summed E-state index contributed by atoms with van der Waals surface area (Å²) in [5.41, 5.74) is -2.83. The molecule has 0 saturated heterocycles. The number of ketones is 3. The summed E-state index contributed by atoms with van der Waals surface area (Å²) in [6, 6.07) is 0. The summed E-state index contributed by atoms with van der Waals surface area (Å²) >= 11 is 0. The van der Waals surface area contributed by atoms with E-state index >= 15 is 0 Å². The van der Waals surface area contributed by atoms with Crippen LogP contribution in [0.1, 0.15) is 87.5 Å². The van der Waals surface area contributed by atoms with Crippen LogP contribution >= 0.6 is 0 Å². The van der Waals surface area contributed by atoms with Crippen LogP contribution in [0.15, 0.2) is 22.8 Å². The van der Waals surface area contributed by atoms with E-state index in [0.717, 1.165) is 0 Å². The Labute approximate surface area is 241 Å². The maximum atomic E-state index is 14.6. The zero-order chi connectivity index (χ0) is 31.0. The Morgan fingerprint density at radius 1 is 1.07 bits per heavy atom. The summed E-state index contributed by atoms with van der Waals surface area (Å²) in [4.78, 5) is 65.3. The quantitative estimate of drug-likeness (QED) is 0.320. The zero-order valence-electron chi connectivity index (χ0n) is 25.4. The van der Waals surface area contributed by atoms with Crippen LogP contribution in [0.2, 0.25) is 0 Å². The number of carboxylic acid groups (broad SMARTS) is 1. The van der Waals surface area contributed by atoms with Crippen molar-refractivity contribution in [3.63, 3.8) is 0 Å². The first-order chi connectivity index (χ1) is 18.8. The summed E-state index contributed by atoms with van der Waals surface area (Å²) < 4.78 is 5.80. The summed E-state index contributed by atoms with van der Waals surface area (Å²) in [7, 11) is 0. The fraction of sp³-hybridized carbons (Fsp3) is 0.719. The van der Waals surface area contributed by atoms with Gasteiger partial charge in [-0.1, -0.05) is 40.2 Å². The molecule has 0 radical (unpaired) electrons. The van der Waals surface area contributed by atoms with Gasteiger partial charge in [-0.15, -0.1) is 0 Å². The number of hydrogen-bond donors (Lipinski definition) is 3. The lowest BCUT2D eigenvalue weighted by molar-refractivity contribution is -0.175. The van der Waals surface area contributed by atoms with Crippen molar-refractivity contribution >= 4 is 29.3 Å². The number of aliphatic carboxylic acids is 1. The number of hydrogen-bond acceptors (Lipinski definition) is 8. The van der Waals surface area contributed by atoms with E-state index in [1.54, 1.807) is 20.8 Å². The van der Waals surface area contributed by atoms with Gasteiger partial charge in [-0.2, -0.15) is 0 Å². The summed E-state index contributed by atoms with van der Waals surface area (Å²) in [5.74, 6) is -4.66. The summed E-state index contributed by atoms with van der Waals surface area (Å²) in [6.45, 7) is 13.6. The van der Waals surface area contributed by atoms with Crippen molar-refractivity contribution in [1.82, 2.24) is 0 Å². The molecule has 0 bridgehead atoms. The average molecular weight is 573 g/mol. The lowest BCUT2D eigenvalue weighted by Gasteiger charge is -2.62. The third-order valence-corrected chi connectivity index (χ3v) is 11.6. The minimum Gasteiger partial charge on any atom is -0.481 e. The molecular weight excluding hydrogens is 528 g/mol. The second-order valence-corrected chi connectivity index (χ2v) is 14.1. The SMILES string of the molecule is CC(=O)O[C@@H]1C(=O)C2=C([C@@H](O)C[C@H]3C(C)(C)[C@@H](O)CC[C@]23C)[C@]2(C)C(=O)C[C@H](/C(C)=C\C(=O)C[C@@H](C)C(=O)O)[C@@]12C. The van der Waals surface area contributed by atoms with Crippen molar-refractivity contribution < 1.29 is 44.0 Å². The fourth-order valence-corrected chi connectivity index (χ4v) is 9.03. The molecule has 4 aliphatic carbocycles. The first kappa shape index (κ1) is 31.3. The van der Waals surface area contributed by atoms with Gasteiger partial charge < -0.3 is 20.1 Å². The van der Waals surface area contributed by atoms with E-state index in [4.69, 9.17) is 4.74 Å². The number of carbonyl (C=O) groups excluding carboxylic acids is 4. The van der Waals surface area contributed by atoms with Crippen LogP contribution < -0.4 is 0 Å². The van der Waals surface area contributed by atoms with Crippen molar-refractivity contribution in [2.75, 3.05) is 0 Å². The lowest BCUT2D eigenvalue weighted by atomic mass is 9.42. The Kier molecular flexibility index (Phi) is 7.61. The predicted octanol–water partition coefficient (Wildman–Crippen LogP) is 3.59. The molecule has 0 aliphatic heterocycles. The maximum absolute atomic E-state index is 14.6. The fourth-order valence-electron chi connectivity index (χ4n) is 9.03. The first-order valence-electron chi connectivity index (χ1n) is 14.6. The van der Waals surface area contributed by atoms with Crippen molar-refractivity contribution in [1.29, 1.82) is 0 Å². The Morgan fingerprint density at radius 2 is 1.68 bits per heavy atom. The predicted molar refractivity (Wildman–Crippen MR) is 148 cm³/mol. The van der Waals surface area contributed by atoms with E-state index in [1.165, 1.54) is 19.9 Å². The minimum absolute atomic E-state index is 0.0318. The molecule has 3 N–H and O–H groups in total.